The molecule has 0 aromatic carbocycles. The second-order valence-corrected chi connectivity index (χ2v) is 6.79. The van der Waals surface area contributed by atoms with E-state index in [1.165, 1.54) is 4.90 Å². The summed E-state index contributed by atoms with van der Waals surface area (Å²) in [6.07, 6.45) is -0.416. The Labute approximate surface area is 143 Å². The summed E-state index contributed by atoms with van der Waals surface area (Å²) in [6.45, 7) is 10.2. The number of aromatic nitrogens is 1. The number of carbonyl (C=O) groups is 2. The second-order valence-electron chi connectivity index (χ2n) is 6.79. The maximum absolute atomic E-state index is 12.1. The lowest BCUT2D eigenvalue weighted by Gasteiger charge is -2.25. The Morgan fingerprint density at radius 3 is 2.33 bits per heavy atom. The molecule has 1 heterocycles. The Morgan fingerprint density at radius 2 is 1.83 bits per heavy atom. The standard InChI is InChI=1S/C16H28N4O4/c1-11-13(12(2)24-18-11)10-20(7)14(21)17-8-9-19(6)15(22)23-16(3,4)5/h8-10H2,1-7H3,(H,17,21). The van der Waals surface area contributed by atoms with Gasteiger partial charge in [0, 0.05) is 32.7 Å². The molecule has 0 aliphatic rings. The van der Waals surface area contributed by atoms with Crippen molar-refractivity contribution in [3.8, 4) is 0 Å². The molecule has 0 saturated heterocycles. The molecular formula is C16H28N4O4. The average Bonchev–Trinajstić information content (AvgIpc) is 2.76. The number of nitrogens with one attached hydrogen (secondary N) is 1. The van der Waals surface area contributed by atoms with Gasteiger partial charge in [-0.25, -0.2) is 9.59 Å². The molecule has 0 bridgehead atoms. The molecule has 0 atom stereocenters. The van der Waals surface area contributed by atoms with E-state index < -0.39 is 11.7 Å². The Hall–Kier alpha value is -2.25. The monoisotopic (exact) mass is 340 g/mol. The van der Waals surface area contributed by atoms with Gasteiger partial charge in [-0.15, -0.1) is 0 Å². The summed E-state index contributed by atoms with van der Waals surface area (Å²) in [5.41, 5.74) is 1.14. The lowest BCUT2D eigenvalue weighted by atomic mass is 10.2. The van der Waals surface area contributed by atoms with E-state index in [-0.39, 0.29) is 6.03 Å². The Kier molecular flexibility index (Phi) is 6.62. The van der Waals surface area contributed by atoms with E-state index in [9.17, 15) is 9.59 Å². The molecule has 136 valence electrons. The molecule has 8 heteroatoms. The van der Waals surface area contributed by atoms with E-state index in [0.29, 0.717) is 25.4 Å². The van der Waals surface area contributed by atoms with E-state index in [4.69, 9.17) is 9.26 Å². The largest absolute Gasteiger partial charge is 0.444 e. The third kappa shape index (κ3) is 6.10. The molecule has 0 unspecified atom stereocenters. The molecule has 24 heavy (non-hydrogen) atoms. The summed E-state index contributed by atoms with van der Waals surface area (Å²) in [7, 11) is 3.33. The van der Waals surface area contributed by atoms with Gasteiger partial charge in [-0.05, 0) is 34.6 Å². The first-order chi connectivity index (χ1) is 11.0. The number of urea groups is 1. The van der Waals surface area contributed by atoms with Crippen LogP contribution in [-0.2, 0) is 11.3 Å². The SMILES string of the molecule is Cc1noc(C)c1CN(C)C(=O)NCCN(C)C(=O)OC(C)(C)C. The highest BCUT2D eigenvalue weighted by Gasteiger charge is 2.20. The van der Waals surface area contributed by atoms with Crippen LogP contribution >= 0.6 is 0 Å². The molecule has 0 aliphatic carbocycles. The quantitative estimate of drug-likeness (QED) is 0.888. The van der Waals surface area contributed by atoms with Crippen molar-refractivity contribution in [2.24, 2.45) is 0 Å². The fourth-order valence-electron chi connectivity index (χ4n) is 1.93. The van der Waals surface area contributed by atoms with Crippen LogP contribution in [0.3, 0.4) is 0 Å². The zero-order chi connectivity index (χ0) is 18.5. The lowest BCUT2D eigenvalue weighted by Crippen LogP contribution is -2.42. The molecule has 0 aliphatic heterocycles. The molecule has 1 aromatic heterocycles. The smallest absolute Gasteiger partial charge is 0.410 e. The van der Waals surface area contributed by atoms with E-state index >= 15 is 0 Å². The van der Waals surface area contributed by atoms with Gasteiger partial charge < -0.3 is 24.4 Å². The normalized spacial score (nSPS) is 11.1. The van der Waals surface area contributed by atoms with Crippen molar-refractivity contribution in [3.63, 3.8) is 0 Å². The minimum absolute atomic E-state index is 0.229. The lowest BCUT2D eigenvalue weighted by molar-refractivity contribution is 0.0300. The predicted octanol–water partition coefficient (Wildman–Crippen LogP) is 2.30. The van der Waals surface area contributed by atoms with Gasteiger partial charge in [0.1, 0.15) is 11.4 Å². The predicted molar refractivity (Wildman–Crippen MR) is 89.7 cm³/mol. The summed E-state index contributed by atoms with van der Waals surface area (Å²) < 4.78 is 10.3. The number of carbonyl (C=O) groups excluding carboxylic acids is 2. The van der Waals surface area contributed by atoms with Crippen molar-refractivity contribution in [2.75, 3.05) is 27.2 Å². The molecule has 0 saturated carbocycles. The molecule has 1 N–H and O–H groups in total. The molecule has 1 rings (SSSR count). The van der Waals surface area contributed by atoms with E-state index in [1.54, 1.807) is 19.0 Å². The molecule has 3 amide bonds. The molecule has 0 fully saturated rings. The fraction of sp³-hybridized carbons (Fsp3) is 0.688. The third-order valence-corrected chi connectivity index (χ3v) is 3.35. The van der Waals surface area contributed by atoms with Crippen molar-refractivity contribution >= 4 is 12.1 Å². The number of nitrogens with zero attached hydrogens (tertiary/aromatic N) is 3. The summed E-state index contributed by atoms with van der Waals surface area (Å²) >= 11 is 0. The fourth-order valence-corrected chi connectivity index (χ4v) is 1.93. The molecule has 8 nitrogen and oxygen atoms in total. The van der Waals surface area contributed by atoms with Crippen molar-refractivity contribution in [1.29, 1.82) is 0 Å². The number of rotatable bonds is 5. The van der Waals surface area contributed by atoms with Crippen molar-refractivity contribution in [1.82, 2.24) is 20.3 Å². The first-order valence-electron chi connectivity index (χ1n) is 7.86. The highest BCUT2D eigenvalue weighted by molar-refractivity contribution is 5.74. The van der Waals surface area contributed by atoms with Crippen LogP contribution in [0.4, 0.5) is 9.59 Å². The van der Waals surface area contributed by atoms with Crippen LogP contribution in [0.15, 0.2) is 4.52 Å². The highest BCUT2D eigenvalue weighted by Crippen LogP contribution is 2.14. The number of amides is 3. The number of hydrogen-bond donors (Lipinski definition) is 1. The van der Waals surface area contributed by atoms with Gasteiger partial charge in [-0.1, -0.05) is 5.16 Å². The average molecular weight is 340 g/mol. The van der Waals surface area contributed by atoms with Gasteiger partial charge in [-0.3, -0.25) is 0 Å². The van der Waals surface area contributed by atoms with E-state index in [1.807, 2.05) is 34.6 Å². The highest BCUT2D eigenvalue weighted by atomic mass is 16.6. The Morgan fingerprint density at radius 1 is 1.21 bits per heavy atom. The van der Waals surface area contributed by atoms with Crippen LogP contribution in [0.2, 0.25) is 0 Å². The molecule has 1 aromatic rings. The van der Waals surface area contributed by atoms with Gasteiger partial charge >= 0.3 is 12.1 Å². The number of ether oxygens (including phenoxy) is 1. The zero-order valence-corrected chi connectivity index (χ0v) is 15.6. The van der Waals surface area contributed by atoms with Gasteiger partial charge in [0.15, 0.2) is 0 Å². The molecule has 0 spiro atoms. The summed E-state index contributed by atoms with van der Waals surface area (Å²) in [6, 6.07) is -0.229. The number of likely N-dealkylation sites (N-methyl/N-ethyl adjacent to an activating group) is 1. The maximum atomic E-state index is 12.1. The van der Waals surface area contributed by atoms with Gasteiger partial charge in [0.25, 0.3) is 0 Å². The van der Waals surface area contributed by atoms with Gasteiger partial charge in [-0.2, -0.15) is 0 Å². The molecular weight excluding hydrogens is 312 g/mol. The minimum Gasteiger partial charge on any atom is -0.444 e. The van der Waals surface area contributed by atoms with E-state index in [0.717, 1.165) is 11.3 Å². The number of hydrogen-bond acceptors (Lipinski definition) is 5. The Bertz CT molecular complexity index is 558. The minimum atomic E-state index is -0.539. The summed E-state index contributed by atoms with van der Waals surface area (Å²) in [4.78, 5) is 26.9. The van der Waals surface area contributed by atoms with Crippen LogP contribution < -0.4 is 5.32 Å². The maximum Gasteiger partial charge on any atom is 0.410 e. The van der Waals surface area contributed by atoms with Gasteiger partial charge in [0.2, 0.25) is 0 Å². The first kappa shape index (κ1) is 19.8. The second kappa shape index (κ2) is 8.03. The van der Waals surface area contributed by atoms with Crippen LogP contribution in [-0.4, -0.2) is 59.9 Å². The third-order valence-electron chi connectivity index (χ3n) is 3.35. The van der Waals surface area contributed by atoms with E-state index in [2.05, 4.69) is 10.5 Å². The topological polar surface area (TPSA) is 87.9 Å². The van der Waals surface area contributed by atoms with Gasteiger partial charge in [0.05, 0.1) is 12.2 Å². The van der Waals surface area contributed by atoms with Crippen molar-refractivity contribution in [2.45, 2.75) is 46.8 Å². The van der Waals surface area contributed by atoms with Crippen LogP contribution in [0.5, 0.6) is 0 Å². The first-order valence-corrected chi connectivity index (χ1v) is 7.86. The zero-order valence-electron chi connectivity index (χ0n) is 15.6. The molecule has 0 radical (unpaired) electrons. The summed E-state index contributed by atoms with van der Waals surface area (Å²) in [5.74, 6) is 0.705. The van der Waals surface area contributed by atoms with Crippen molar-refractivity contribution < 1.29 is 18.8 Å². The summed E-state index contributed by atoms with van der Waals surface area (Å²) in [5, 5.41) is 6.64. The Balaban J connectivity index is 2.39. The van der Waals surface area contributed by atoms with Crippen LogP contribution in [0.25, 0.3) is 0 Å². The number of aryl methyl sites for hydroxylation is 2. The van der Waals surface area contributed by atoms with Crippen molar-refractivity contribution in [3.05, 3.63) is 17.0 Å². The van der Waals surface area contributed by atoms with Crippen LogP contribution in [0, 0.1) is 13.8 Å². The van der Waals surface area contributed by atoms with Crippen LogP contribution in [0.1, 0.15) is 37.8 Å².